The first kappa shape index (κ1) is 20.2. The van der Waals surface area contributed by atoms with E-state index < -0.39 is 11.7 Å². The number of rotatable bonds is 6. The largest absolute Gasteiger partial charge is 0.444 e. The van der Waals surface area contributed by atoms with Crippen molar-refractivity contribution in [2.45, 2.75) is 58.6 Å². The molecular formula is C20H31N3O3. The van der Waals surface area contributed by atoms with Crippen LogP contribution < -0.4 is 10.6 Å². The van der Waals surface area contributed by atoms with E-state index in [2.05, 4.69) is 22.5 Å². The number of carbonyl (C=O) groups is 2. The van der Waals surface area contributed by atoms with Gasteiger partial charge in [-0.05, 0) is 77.4 Å². The van der Waals surface area contributed by atoms with E-state index in [-0.39, 0.29) is 5.91 Å². The molecule has 0 radical (unpaired) electrons. The maximum absolute atomic E-state index is 12.4. The number of anilines is 1. The molecule has 0 bridgehead atoms. The number of hydrogen-bond donors (Lipinski definition) is 2. The van der Waals surface area contributed by atoms with E-state index >= 15 is 0 Å². The third kappa shape index (κ3) is 6.33. The van der Waals surface area contributed by atoms with E-state index in [1.807, 2.05) is 20.8 Å². The standard InChI is InChI=1S/C20H31N3O3/c1-5-17(23-12-6-7-13-23)14-21-18(24)15-8-10-16(11-9-15)22-19(25)26-20(2,3)4/h8-11,17H,5-7,12-14H2,1-4H3,(H,21,24)(H,22,25). The van der Waals surface area contributed by atoms with Gasteiger partial charge in [0, 0.05) is 23.8 Å². The van der Waals surface area contributed by atoms with Crippen molar-refractivity contribution in [3.8, 4) is 0 Å². The highest BCUT2D eigenvalue weighted by Gasteiger charge is 2.21. The van der Waals surface area contributed by atoms with Crippen LogP contribution in [0.2, 0.25) is 0 Å². The Labute approximate surface area is 156 Å². The fourth-order valence-corrected chi connectivity index (χ4v) is 3.08. The van der Waals surface area contributed by atoms with Gasteiger partial charge in [-0.15, -0.1) is 0 Å². The number of benzene rings is 1. The van der Waals surface area contributed by atoms with Crippen molar-refractivity contribution in [1.82, 2.24) is 10.2 Å². The normalized spacial score (nSPS) is 16.2. The zero-order valence-electron chi connectivity index (χ0n) is 16.3. The van der Waals surface area contributed by atoms with Gasteiger partial charge in [0.1, 0.15) is 5.60 Å². The first-order chi connectivity index (χ1) is 12.3. The third-order valence-electron chi connectivity index (χ3n) is 4.42. The minimum absolute atomic E-state index is 0.0912. The van der Waals surface area contributed by atoms with E-state index in [0.717, 1.165) is 19.5 Å². The van der Waals surface area contributed by atoms with Gasteiger partial charge in [-0.1, -0.05) is 6.92 Å². The molecule has 2 rings (SSSR count). The molecular weight excluding hydrogens is 330 g/mol. The summed E-state index contributed by atoms with van der Waals surface area (Å²) in [7, 11) is 0. The van der Waals surface area contributed by atoms with Gasteiger partial charge in [0.2, 0.25) is 0 Å². The van der Waals surface area contributed by atoms with Gasteiger partial charge in [0.05, 0.1) is 0 Å². The van der Waals surface area contributed by atoms with Crippen molar-refractivity contribution in [3.05, 3.63) is 29.8 Å². The molecule has 0 aliphatic carbocycles. The number of amides is 2. The molecule has 0 saturated carbocycles. The number of ether oxygens (including phenoxy) is 1. The maximum Gasteiger partial charge on any atom is 0.412 e. The average Bonchev–Trinajstić information content (AvgIpc) is 3.08. The van der Waals surface area contributed by atoms with Crippen molar-refractivity contribution < 1.29 is 14.3 Å². The summed E-state index contributed by atoms with van der Waals surface area (Å²) in [6.45, 7) is 10.5. The zero-order chi connectivity index (χ0) is 19.2. The predicted molar refractivity (Wildman–Crippen MR) is 104 cm³/mol. The molecule has 144 valence electrons. The molecule has 6 nitrogen and oxygen atoms in total. The average molecular weight is 361 g/mol. The highest BCUT2D eigenvalue weighted by Crippen LogP contribution is 2.15. The molecule has 1 unspecified atom stereocenters. The van der Waals surface area contributed by atoms with Crippen LogP contribution in [0.15, 0.2) is 24.3 Å². The first-order valence-corrected chi connectivity index (χ1v) is 9.41. The van der Waals surface area contributed by atoms with Crippen molar-refractivity contribution in [3.63, 3.8) is 0 Å². The van der Waals surface area contributed by atoms with Crippen molar-refractivity contribution in [2.75, 3.05) is 25.0 Å². The van der Waals surface area contributed by atoms with E-state index in [1.165, 1.54) is 12.8 Å². The first-order valence-electron chi connectivity index (χ1n) is 9.41. The summed E-state index contributed by atoms with van der Waals surface area (Å²) in [5.74, 6) is -0.0912. The summed E-state index contributed by atoms with van der Waals surface area (Å²) < 4.78 is 5.21. The van der Waals surface area contributed by atoms with Gasteiger partial charge < -0.3 is 10.1 Å². The van der Waals surface area contributed by atoms with Gasteiger partial charge in [0.25, 0.3) is 5.91 Å². The lowest BCUT2D eigenvalue weighted by atomic mass is 10.1. The Balaban J connectivity index is 1.84. The van der Waals surface area contributed by atoms with Gasteiger partial charge >= 0.3 is 6.09 Å². The molecule has 2 amide bonds. The predicted octanol–water partition coefficient (Wildman–Crippen LogP) is 3.64. The Hall–Kier alpha value is -2.08. The molecule has 0 aromatic heterocycles. The highest BCUT2D eigenvalue weighted by molar-refractivity contribution is 5.95. The van der Waals surface area contributed by atoms with E-state index in [9.17, 15) is 9.59 Å². The molecule has 1 aliphatic heterocycles. The quantitative estimate of drug-likeness (QED) is 0.811. The third-order valence-corrected chi connectivity index (χ3v) is 4.42. The van der Waals surface area contributed by atoms with Gasteiger partial charge in [-0.25, -0.2) is 4.79 Å². The SMILES string of the molecule is CCC(CNC(=O)c1ccc(NC(=O)OC(C)(C)C)cc1)N1CCCC1. The lowest BCUT2D eigenvalue weighted by Crippen LogP contribution is -2.42. The van der Waals surface area contributed by atoms with Crippen LogP contribution in [0, 0.1) is 0 Å². The Bertz CT molecular complexity index is 602. The fraction of sp³-hybridized carbons (Fsp3) is 0.600. The van der Waals surface area contributed by atoms with Crippen molar-refractivity contribution in [1.29, 1.82) is 0 Å². The van der Waals surface area contributed by atoms with Gasteiger partial charge in [0.15, 0.2) is 0 Å². The summed E-state index contributed by atoms with van der Waals surface area (Å²) >= 11 is 0. The number of carbonyl (C=O) groups excluding carboxylic acids is 2. The number of likely N-dealkylation sites (tertiary alicyclic amines) is 1. The lowest BCUT2D eigenvalue weighted by Gasteiger charge is -2.26. The van der Waals surface area contributed by atoms with Gasteiger partial charge in [-0.2, -0.15) is 0 Å². The van der Waals surface area contributed by atoms with Crippen LogP contribution in [0.5, 0.6) is 0 Å². The topological polar surface area (TPSA) is 70.7 Å². The maximum atomic E-state index is 12.4. The second-order valence-electron chi connectivity index (χ2n) is 7.72. The molecule has 1 aromatic carbocycles. The smallest absolute Gasteiger partial charge is 0.412 e. The van der Waals surface area contributed by atoms with Crippen molar-refractivity contribution >= 4 is 17.7 Å². The molecule has 26 heavy (non-hydrogen) atoms. The van der Waals surface area contributed by atoms with Crippen LogP contribution >= 0.6 is 0 Å². The number of nitrogens with zero attached hydrogens (tertiary/aromatic N) is 1. The summed E-state index contributed by atoms with van der Waals surface area (Å²) in [4.78, 5) is 26.6. The Morgan fingerprint density at radius 1 is 1.15 bits per heavy atom. The summed E-state index contributed by atoms with van der Waals surface area (Å²) in [5.41, 5.74) is 0.630. The Kier molecular flexibility index (Phi) is 7.03. The van der Waals surface area contributed by atoms with Crippen LogP contribution in [0.25, 0.3) is 0 Å². The van der Waals surface area contributed by atoms with E-state index in [0.29, 0.717) is 23.8 Å². The zero-order valence-corrected chi connectivity index (χ0v) is 16.3. The minimum Gasteiger partial charge on any atom is -0.444 e. The van der Waals surface area contributed by atoms with E-state index in [4.69, 9.17) is 4.74 Å². The Morgan fingerprint density at radius 2 is 1.77 bits per heavy atom. The molecule has 2 N–H and O–H groups in total. The molecule has 1 aromatic rings. The molecule has 1 atom stereocenters. The second-order valence-corrected chi connectivity index (χ2v) is 7.72. The molecule has 1 heterocycles. The summed E-state index contributed by atoms with van der Waals surface area (Å²) in [6, 6.07) is 7.22. The molecule has 0 spiro atoms. The Morgan fingerprint density at radius 3 is 2.31 bits per heavy atom. The van der Waals surface area contributed by atoms with Crippen molar-refractivity contribution in [2.24, 2.45) is 0 Å². The van der Waals surface area contributed by atoms with Crippen LogP contribution in [0.3, 0.4) is 0 Å². The monoisotopic (exact) mass is 361 g/mol. The lowest BCUT2D eigenvalue weighted by molar-refractivity contribution is 0.0635. The second kappa shape index (κ2) is 9.03. The van der Waals surface area contributed by atoms with Crippen LogP contribution in [0.1, 0.15) is 57.3 Å². The summed E-state index contributed by atoms with van der Waals surface area (Å²) in [6.07, 6.45) is 3.01. The minimum atomic E-state index is -0.547. The van der Waals surface area contributed by atoms with Crippen LogP contribution in [-0.4, -0.2) is 48.2 Å². The number of nitrogens with one attached hydrogen (secondary N) is 2. The fourth-order valence-electron chi connectivity index (χ4n) is 3.08. The molecule has 1 fully saturated rings. The molecule has 1 saturated heterocycles. The highest BCUT2D eigenvalue weighted by atomic mass is 16.6. The van der Waals surface area contributed by atoms with Gasteiger partial charge in [-0.3, -0.25) is 15.0 Å². The van der Waals surface area contributed by atoms with Crippen LogP contribution in [0.4, 0.5) is 10.5 Å². The van der Waals surface area contributed by atoms with Crippen LogP contribution in [-0.2, 0) is 4.74 Å². The van der Waals surface area contributed by atoms with E-state index in [1.54, 1.807) is 24.3 Å². The molecule has 1 aliphatic rings. The molecule has 6 heteroatoms. The number of hydrogen-bond acceptors (Lipinski definition) is 4. The summed E-state index contributed by atoms with van der Waals surface area (Å²) in [5, 5.41) is 5.69.